The first-order valence-electron chi connectivity index (χ1n) is 19.6. The summed E-state index contributed by atoms with van der Waals surface area (Å²) in [4.78, 5) is 40.8. The number of rotatable bonds is 10. The van der Waals surface area contributed by atoms with Gasteiger partial charge in [-0.05, 0) is 85.3 Å². The molecule has 3 fully saturated rings. The lowest BCUT2D eigenvalue weighted by atomic mass is 9.38. The average Bonchev–Trinajstić information content (AvgIpc) is 3.69. The number of fused-ring (bicyclic) bond motifs is 4. The fourth-order valence-corrected chi connectivity index (χ4v) is 12.8. The third-order valence-corrected chi connectivity index (χ3v) is 14.9. The fourth-order valence-electron chi connectivity index (χ4n) is 12.8. The zero-order valence-corrected chi connectivity index (χ0v) is 31.8. The molecule has 0 spiro atoms. The molecule has 5 aliphatic carbocycles. The molecule has 11 atom stereocenters. The number of carbonyl (C=O) groups is 3. The van der Waals surface area contributed by atoms with Crippen molar-refractivity contribution in [1.82, 2.24) is 0 Å². The highest BCUT2D eigenvalue weighted by atomic mass is 16.4. The molecule has 0 bridgehead atoms. The molecule has 0 aliphatic heterocycles. The summed E-state index contributed by atoms with van der Waals surface area (Å²) >= 11 is 0. The largest absolute Gasteiger partial charge is 0.478 e. The van der Waals surface area contributed by atoms with Gasteiger partial charge in [0.1, 0.15) is 5.78 Å². The molecule has 284 valence electrons. The van der Waals surface area contributed by atoms with E-state index in [0.29, 0.717) is 30.4 Å². The number of carboxylic acids is 1. The van der Waals surface area contributed by atoms with Crippen LogP contribution >= 0.6 is 0 Å². The van der Waals surface area contributed by atoms with E-state index in [4.69, 9.17) is 0 Å². The van der Waals surface area contributed by atoms with Gasteiger partial charge in [-0.2, -0.15) is 0 Å². The van der Waals surface area contributed by atoms with Gasteiger partial charge in [0, 0.05) is 52.6 Å². The molecule has 8 heteroatoms. The first-order valence-corrected chi connectivity index (χ1v) is 19.6. The lowest BCUT2D eigenvalue weighted by Crippen LogP contribution is -2.64. The molecule has 0 unspecified atom stereocenters. The molecule has 1 aromatic carbocycles. The Hall–Kier alpha value is -2.91. The van der Waals surface area contributed by atoms with Crippen molar-refractivity contribution in [1.29, 1.82) is 0 Å². The Kier molecular flexibility index (Phi) is 10.5. The summed E-state index contributed by atoms with van der Waals surface area (Å²) in [6.07, 6.45) is 6.98. The Bertz CT molecular complexity index is 1650. The lowest BCUT2D eigenvalue weighted by molar-refractivity contribution is -0.154. The van der Waals surface area contributed by atoms with E-state index >= 15 is 4.79 Å². The van der Waals surface area contributed by atoms with Crippen LogP contribution in [0.2, 0.25) is 0 Å². The normalized spacial score (nSPS) is 38.2. The van der Waals surface area contributed by atoms with Gasteiger partial charge >= 0.3 is 5.97 Å². The van der Waals surface area contributed by atoms with Crippen LogP contribution in [0.25, 0.3) is 6.08 Å². The number of allylic oxidation sites excluding steroid dienone is 1. The van der Waals surface area contributed by atoms with E-state index in [1.165, 1.54) is 13.0 Å². The maximum absolute atomic E-state index is 15.2. The number of Topliss-reactive ketones (excluding diaryl/α,β-unsaturated/α-hetero) is 2. The van der Waals surface area contributed by atoms with E-state index in [9.17, 15) is 35.1 Å². The first-order chi connectivity index (χ1) is 24.4. The SMILES string of the molecule is C[C@H](O)CC(=C[C@@H](O)C[C@@H](C)[C@@H]1C[C@H](O)[C@]2(C)C3=C(C(=O)C[C@]12C1CCCC1)[C@@]1(C)CCC(=O)C(C)(C)[C@@H]1[C@@H](C=Cc1ccccc1)[C@H]3O)C(=O)O. The summed E-state index contributed by atoms with van der Waals surface area (Å²) in [6.45, 7) is 11.7. The predicted molar refractivity (Wildman–Crippen MR) is 200 cm³/mol. The zero-order chi connectivity index (χ0) is 38.0. The van der Waals surface area contributed by atoms with Crippen molar-refractivity contribution in [2.45, 2.75) is 130 Å². The van der Waals surface area contributed by atoms with E-state index < -0.39 is 58.0 Å². The topological polar surface area (TPSA) is 152 Å². The van der Waals surface area contributed by atoms with E-state index in [1.54, 1.807) is 0 Å². The number of aliphatic hydroxyl groups is 4. The Morgan fingerprint density at radius 3 is 2.27 bits per heavy atom. The van der Waals surface area contributed by atoms with Crippen molar-refractivity contribution in [2.75, 3.05) is 0 Å². The Labute approximate surface area is 309 Å². The molecule has 0 heterocycles. The third-order valence-electron chi connectivity index (χ3n) is 14.9. The molecule has 3 saturated carbocycles. The van der Waals surface area contributed by atoms with Crippen molar-refractivity contribution in [3.8, 4) is 0 Å². The van der Waals surface area contributed by atoms with Crippen molar-refractivity contribution in [2.24, 2.45) is 51.2 Å². The molecule has 8 nitrogen and oxygen atoms in total. The van der Waals surface area contributed by atoms with Gasteiger partial charge in [-0.15, -0.1) is 0 Å². The molecular formula is C44H60O8. The molecule has 5 aliphatic rings. The van der Waals surface area contributed by atoms with Crippen LogP contribution in [0.3, 0.4) is 0 Å². The molecule has 0 saturated heterocycles. The number of aliphatic hydroxyl groups excluding tert-OH is 4. The highest BCUT2D eigenvalue weighted by molar-refractivity contribution is 6.01. The second-order valence-corrected chi connectivity index (χ2v) is 18.1. The van der Waals surface area contributed by atoms with E-state index in [0.717, 1.165) is 31.2 Å². The van der Waals surface area contributed by atoms with Crippen LogP contribution in [0, 0.1) is 51.2 Å². The van der Waals surface area contributed by atoms with Gasteiger partial charge in [0.2, 0.25) is 0 Å². The maximum atomic E-state index is 15.2. The molecule has 0 amide bonds. The van der Waals surface area contributed by atoms with Crippen LogP contribution in [-0.4, -0.2) is 67.5 Å². The van der Waals surface area contributed by atoms with E-state index in [1.807, 2.05) is 63.3 Å². The van der Waals surface area contributed by atoms with Crippen molar-refractivity contribution in [3.05, 3.63) is 64.8 Å². The second kappa shape index (κ2) is 14.1. The van der Waals surface area contributed by atoms with Gasteiger partial charge in [0.05, 0.1) is 24.4 Å². The minimum absolute atomic E-state index is 0.0124. The van der Waals surface area contributed by atoms with Gasteiger partial charge in [-0.25, -0.2) is 4.79 Å². The van der Waals surface area contributed by atoms with Gasteiger partial charge < -0.3 is 25.5 Å². The number of benzene rings is 1. The van der Waals surface area contributed by atoms with Crippen molar-refractivity contribution in [3.63, 3.8) is 0 Å². The summed E-state index contributed by atoms with van der Waals surface area (Å²) in [6, 6.07) is 9.89. The second-order valence-electron chi connectivity index (χ2n) is 18.1. The van der Waals surface area contributed by atoms with Crippen LogP contribution in [0.4, 0.5) is 0 Å². The number of hydrogen-bond acceptors (Lipinski definition) is 7. The maximum Gasteiger partial charge on any atom is 0.331 e. The molecule has 5 N–H and O–H groups in total. The molecule has 6 rings (SSSR count). The molecule has 1 aromatic rings. The van der Waals surface area contributed by atoms with Gasteiger partial charge in [-0.3, -0.25) is 9.59 Å². The van der Waals surface area contributed by atoms with Crippen molar-refractivity contribution < 1.29 is 39.9 Å². The van der Waals surface area contributed by atoms with Gasteiger partial charge in [0.15, 0.2) is 5.78 Å². The number of hydrogen-bond donors (Lipinski definition) is 5. The summed E-state index contributed by atoms with van der Waals surface area (Å²) in [5, 5.41) is 56.3. The van der Waals surface area contributed by atoms with Crippen molar-refractivity contribution >= 4 is 23.6 Å². The first kappa shape index (κ1) is 38.8. The highest BCUT2D eigenvalue weighted by Crippen LogP contribution is 2.75. The average molecular weight is 717 g/mol. The minimum atomic E-state index is -1.18. The minimum Gasteiger partial charge on any atom is -0.478 e. The molecular weight excluding hydrogens is 656 g/mol. The van der Waals surface area contributed by atoms with E-state index in [2.05, 4.69) is 13.8 Å². The van der Waals surface area contributed by atoms with Gasteiger partial charge in [-0.1, -0.05) is 89.9 Å². The summed E-state index contributed by atoms with van der Waals surface area (Å²) in [5.41, 5.74) is -0.894. The molecule has 0 radical (unpaired) electrons. The van der Waals surface area contributed by atoms with Gasteiger partial charge in [0.25, 0.3) is 0 Å². The number of aliphatic carboxylic acids is 1. The number of ketones is 2. The summed E-state index contributed by atoms with van der Waals surface area (Å²) < 4.78 is 0. The Morgan fingerprint density at radius 1 is 1.00 bits per heavy atom. The molecule has 0 aromatic heterocycles. The molecule has 52 heavy (non-hydrogen) atoms. The smallest absolute Gasteiger partial charge is 0.331 e. The fraction of sp³-hybridized carbons (Fsp3) is 0.659. The number of carboxylic acid groups (broad SMARTS) is 1. The van der Waals surface area contributed by atoms with Crippen LogP contribution in [0.15, 0.2) is 59.2 Å². The predicted octanol–water partition coefficient (Wildman–Crippen LogP) is 6.70. The van der Waals surface area contributed by atoms with E-state index in [-0.39, 0.29) is 60.1 Å². The zero-order valence-electron chi connectivity index (χ0n) is 31.8. The quantitative estimate of drug-likeness (QED) is 0.168. The van der Waals surface area contributed by atoms with Crippen LogP contribution < -0.4 is 0 Å². The standard InChI is InChI=1S/C44H60O8/c1-25(20-30(46)22-28(40(51)52)21-26(2)45)32-23-35(49)43(6)37-36(33(47)24-44(32,43)29-14-10-11-15-29)42(5)19-18-34(48)41(3,4)39(42)31(38(37)50)17-16-27-12-8-7-9-13-27/h7-9,12-13,16-17,22,25-26,29-32,35,38-39,45-46,49-50H,10-11,14-15,18-21,23-24H2,1-6H3,(H,51,52)/t25-,26+,30+,31+,32+,35+,38-,39+,42-,43-,44+/m1/s1. The lowest BCUT2D eigenvalue weighted by Gasteiger charge is -2.64. The number of carbonyl (C=O) groups excluding carboxylic acids is 2. The Morgan fingerprint density at radius 2 is 1.65 bits per heavy atom. The third kappa shape index (κ3) is 6.00. The van der Waals surface area contributed by atoms with Crippen LogP contribution in [0.5, 0.6) is 0 Å². The highest BCUT2D eigenvalue weighted by Gasteiger charge is 2.74. The Balaban J connectivity index is 1.50. The summed E-state index contributed by atoms with van der Waals surface area (Å²) in [7, 11) is 0. The monoisotopic (exact) mass is 716 g/mol. The summed E-state index contributed by atoms with van der Waals surface area (Å²) in [5.74, 6) is -2.09. The van der Waals surface area contributed by atoms with Crippen LogP contribution in [0.1, 0.15) is 111 Å². The van der Waals surface area contributed by atoms with Crippen LogP contribution in [-0.2, 0) is 14.4 Å².